The van der Waals surface area contributed by atoms with Crippen LogP contribution in [0.5, 0.6) is 0 Å². The molecule has 0 aliphatic carbocycles. The number of benzene rings is 1. The monoisotopic (exact) mass is 318 g/mol. The van der Waals surface area contributed by atoms with Gasteiger partial charge >= 0.3 is 18.0 Å². The Morgan fingerprint density at radius 3 is 2.45 bits per heavy atom. The van der Waals surface area contributed by atoms with Crippen LogP contribution in [0.4, 0.5) is 18.9 Å². The Morgan fingerprint density at radius 1 is 1.32 bits per heavy atom. The van der Waals surface area contributed by atoms with Gasteiger partial charge in [0.05, 0.1) is 6.54 Å². The van der Waals surface area contributed by atoms with Crippen molar-refractivity contribution in [2.24, 2.45) is 0 Å². The summed E-state index contributed by atoms with van der Waals surface area (Å²) < 4.78 is 36.7. The number of carbonyl (C=O) groups excluding carboxylic acids is 2. The third kappa shape index (κ3) is 4.73. The summed E-state index contributed by atoms with van der Waals surface area (Å²) in [4.78, 5) is 24.1. The number of amides is 2. The lowest BCUT2D eigenvalue weighted by Crippen LogP contribution is -2.45. The molecule has 0 saturated carbocycles. The first-order chi connectivity index (χ1) is 10.0. The molecule has 122 valence electrons. The summed E-state index contributed by atoms with van der Waals surface area (Å²) in [6.07, 6.45) is -7.55. The van der Waals surface area contributed by atoms with Crippen LogP contribution in [0.15, 0.2) is 18.2 Å². The quantitative estimate of drug-likeness (QED) is 0.832. The number of nitrogens with one attached hydrogen (secondary N) is 1. The zero-order valence-electron chi connectivity index (χ0n) is 12.4. The van der Waals surface area contributed by atoms with Crippen LogP contribution in [0.25, 0.3) is 0 Å². The predicted molar refractivity (Wildman–Crippen MR) is 74.2 cm³/mol. The van der Waals surface area contributed by atoms with Crippen molar-refractivity contribution in [2.75, 3.05) is 18.9 Å². The van der Waals surface area contributed by atoms with E-state index in [9.17, 15) is 22.8 Å². The van der Waals surface area contributed by atoms with Crippen molar-refractivity contribution in [3.63, 3.8) is 0 Å². The molecule has 1 aromatic carbocycles. The Labute approximate surface area is 125 Å². The molecule has 0 aliphatic heterocycles. The van der Waals surface area contributed by atoms with Crippen LogP contribution in [0, 0.1) is 13.8 Å². The molecule has 0 bridgehead atoms. The highest BCUT2D eigenvalue weighted by molar-refractivity contribution is 6.39. The molecule has 0 radical (unpaired) electrons. The molecular formula is C14H17F3N2O3. The largest absolute Gasteiger partial charge is 0.416 e. The lowest BCUT2D eigenvalue weighted by Gasteiger charge is -2.22. The number of aryl methyl sites for hydroxylation is 2. The number of likely N-dealkylation sites (N-methyl/N-ethyl adjacent to an activating group) is 1. The zero-order valence-corrected chi connectivity index (χ0v) is 12.4. The molecule has 0 unspecified atom stereocenters. The molecule has 5 nitrogen and oxygen atoms in total. The summed E-state index contributed by atoms with van der Waals surface area (Å²) in [7, 11) is 1.01. The number of anilines is 1. The second-order valence-electron chi connectivity index (χ2n) is 5.02. The molecule has 0 spiro atoms. The normalized spacial score (nSPS) is 12.7. The molecule has 0 saturated heterocycles. The summed E-state index contributed by atoms with van der Waals surface area (Å²) in [5.41, 5.74) is 1.97. The first-order valence-electron chi connectivity index (χ1n) is 6.41. The molecule has 2 N–H and O–H groups in total. The standard InChI is InChI=1S/C14H17F3N2O3/c1-8-4-5-9(2)10(6-8)18-12(21)13(22)19(3)7-11(20)14(15,16)17/h4-6,11,20H,7H2,1-3H3,(H,18,21)/t11-/m0/s1. The Hall–Kier alpha value is -2.09. The van der Waals surface area contributed by atoms with Gasteiger partial charge in [-0.3, -0.25) is 9.59 Å². The zero-order chi connectivity index (χ0) is 17.1. The maximum absolute atomic E-state index is 12.2. The van der Waals surface area contributed by atoms with Crippen LogP contribution in [-0.4, -0.2) is 47.7 Å². The van der Waals surface area contributed by atoms with Gasteiger partial charge in [0, 0.05) is 12.7 Å². The molecular weight excluding hydrogens is 301 g/mol. The number of hydrogen-bond acceptors (Lipinski definition) is 3. The van der Waals surface area contributed by atoms with E-state index in [1.807, 2.05) is 6.07 Å². The van der Waals surface area contributed by atoms with E-state index in [0.717, 1.165) is 12.6 Å². The number of nitrogens with zero attached hydrogens (tertiary/aromatic N) is 1. The van der Waals surface area contributed by atoms with Gasteiger partial charge in [0.1, 0.15) is 0 Å². The SMILES string of the molecule is Cc1ccc(C)c(NC(=O)C(=O)N(C)C[C@H](O)C(F)(F)F)c1. The number of aliphatic hydroxyl groups excluding tert-OH is 1. The lowest BCUT2D eigenvalue weighted by molar-refractivity contribution is -0.207. The maximum atomic E-state index is 12.2. The second-order valence-corrected chi connectivity index (χ2v) is 5.02. The Morgan fingerprint density at radius 2 is 1.91 bits per heavy atom. The van der Waals surface area contributed by atoms with Crippen molar-refractivity contribution < 1.29 is 27.9 Å². The molecule has 1 atom stereocenters. The van der Waals surface area contributed by atoms with Crippen molar-refractivity contribution in [1.82, 2.24) is 4.90 Å². The Bertz CT molecular complexity index is 573. The molecule has 0 aliphatic rings. The second kappa shape index (κ2) is 6.78. The van der Waals surface area contributed by atoms with Crippen molar-refractivity contribution in [3.8, 4) is 0 Å². The average Bonchev–Trinajstić information content (AvgIpc) is 2.40. The minimum Gasteiger partial charge on any atom is -0.382 e. The fourth-order valence-electron chi connectivity index (χ4n) is 1.67. The summed E-state index contributed by atoms with van der Waals surface area (Å²) in [5.74, 6) is -2.23. The van der Waals surface area contributed by atoms with E-state index in [2.05, 4.69) is 5.32 Å². The predicted octanol–water partition coefficient (Wildman–Crippen LogP) is 1.62. The number of rotatable bonds is 3. The third-order valence-electron chi connectivity index (χ3n) is 3.01. The van der Waals surface area contributed by atoms with E-state index in [0.29, 0.717) is 16.2 Å². The van der Waals surface area contributed by atoms with Crippen molar-refractivity contribution in [3.05, 3.63) is 29.3 Å². The number of hydrogen-bond donors (Lipinski definition) is 2. The van der Waals surface area contributed by atoms with Gasteiger partial charge in [-0.1, -0.05) is 12.1 Å². The van der Waals surface area contributed by atoms with Gasteiger partial charge in [-0.2, -0.15) is 13.2 Å². The van der Waals surface area contributed by atoms with Gasteiger partial charge in [-0.05, 0) is 31.0 Å². The van der Waals surface area contributed by atoms with Crippen molar-refractivity contribution in [1.29, 1.82) is 0 Å². The number of aliphatic hydroxyl groups is 1. The third-order valence-corrected chi connectivity index (χ3v) is 3.01. The molecule has 0 fully saturated rings. The van der Waals surface area contributed by atoms with E-state index in [-0.39, 0.29) is 0 Å². The van der Waals surface area contributed by atoms with Crippen molar-refractivity contribution in [2.45, 2.75) is 26.1 Å². The van der Waals surface area contributed by atoms with Crippen LogP contribution < -0.4 is 5.32 Å². The highest BCUT2D eigenvalue weighted by atomic mass is 19.4. The van der Waals surface area contributed by atoms with Gasteiger partial charge in [-0.25, -0.2) is 0 Å². The van der Waals surface area contributed by atoms with E-state index >= 15 is 0 Å². The van der Waals surface area contributed by atoms with Gasteiger partial charge in [0.15, 0.2) is 6.10 Å². The minimum atomic E-state index is -4.85. The van der Waals surface area contributed by atoms with E-state index in [1.54, 1.807) is 26.0 Å². The lowest BCUT2D eigenvalue weighted by atomic mass is 10.1. The highest BCUT2D eigenvalue weighted by Gasteiger charge is 2.39. The van der Waals surface area contributed by atoms with Crippen LogP contribution in [0.3, 0.4) is 0 Å². The average molecular weight is 318 g/mol. The summed E-state index contributed by atoms with van der Waals surface area (Å²) in [6, 6.07) is 5.20. The summed E-state index contributed by atoms with van der Waals surface area (Å²) in [6.45, 7) is 2.50. The topological polar surface area (TPSA) is 69.6 Å². The number of halogens is 3. The van der Waals surface area contributed by atoms with Gasteiger partial charge in [-0.15, -0.1) is 0 Å². The molecule has 8 heteroatoms. The highest BCUT2D eigenvalue weighted by Crippen LogP contribution is 2.20. The van der Waals surface area contributed by atoms with Crippen LogP contribution in [0.1, 0.15) is 11.1 Å². The molecule has 22 heavy (non-hydrogen) atoms. The van der Waals surface area contributed by atoms with E-state index < -0.39 is 30.6 Å². The van der Waals surface area contributed by atoms with Crippen LogP contribution >= 0.6 is 0 Å². The first kappa shape index (κ1) is 18.0. The maximum Gasteiger partial charge on any atom is 0.416 e. The number of carbonyl (C=O) groups is 2. The fraction of sp³-hybridized carbons (Fsp3) is 0.429. The Balaban J connectivity index is 2.73. The van der Waals surface area contributed by atoms with E-state index in [4.69, 9.17) is 5.11 Å². The van der Waals surface area contributed by atoms with E-state index in [1.165, 1.54) is 0 Å². The minimum absolute atomic E-state index is 0.406. The molecule has 1 rings (SSSR count). The number of alkyl halides is 3. The molecule has 0 heterocycles. The molecule has 2 amide bonds. The molecule has 0 aromatic heterocycles. The van der Waals surface area contributed by atoms with Crippen molar-refractivity contribution >= 4 is 17.5 Å². The summed E-state index contributed by atoms with van der Waals surface area (Å²) in [5, 5.41) is 11.3. The Kier molecular flexibility index (Phi) is 5.54. The molecule has 1 aromatic rings. The fourth-order valence-corrected chi connectivity index (χ4v) is 1.67. The summed E-state index contributed by atoms with van der Waals surface area (Å²) >= 11 is 0. The van der Waals surface area contributed by atoms with Gasteiger partial charge in [0.2, 0.25) is 0 Å². The van der Waals surface area contributed by atoms with Crippen LogP contribution in [-0.2, 0) is 9.59 Å². The smallest absolute Gasteiger partial charge is 0.382 e. The van der Waals surface area contributed by atoms with Gasteiger partial charge in [0.25, 0.3) is 0 Å². The first-order valence-corrected chi connectivity index (χ1v) is 6.41. The van der Waals surface area contributed by atoms with Crippen LogP contribution in [0.2, 0.25) is 0 Å². The van der Waals surface area contributed by atoms with Gasteiger partial charge < -0.3 is 15.3 Å².